The van der Waals surface area contributed by atoms with Gasteiger partial charge in [-0.15, -0.1) is 0 Å². The molecular weight excluding hydrogens is 324 g/mol. The van der Waals surface area contributed by atoms with Gasteiger partial charge in [0.1, 0.15) is 5.75 Å². The summed E-state index contributed by atoms with van der Waals surface area (Å²) in [4.78, 5) is 34.7. The summed E-state index contributed by atoms with van der Waals surface area (Å²) >= 11 is 0. The number of nitrogens with two attached hydrogens (primary N) is 1. The lowest BCUT2D eigenvalue weighted by Crippen LogP contribution is -2.44. The van der Waals surface area contributed by atoms with Gasteiger partial charge in [0, 0.05) is 11.6 Å². The number of carbonyl (C=O) groups excluding carboxylic acids is 3. The number of ether oxygens (including phenoxy) is 2. The van der Waals surface area contributed by atoms with Crippen molar-refractivity contribution in [1.29, 1.82) is 0 Å². The van der Waals surface area contributed by atoms with Gasteiger partial charge in [-0.25, -0.2) is 4.79 Å². The second-order valence-electron chi connectivity index (χ2n) is 5.86. The van der Waals surface area contributed by atoms with Crippen LogP contribution in [0.25, 0.3) is 0 Å². The molecule has 0 aliphatic rings. The summed E-state index contributed by atoms with van der Waals surface area (Å²) < 4.78 is 9.59. The van der Waals surface area contributed by atoms with Gasteiger partial charge in [-0.1, -0.05) is 18.7 Å². The number of carbonyl (C=O) groups is 3. The Morgan fingerprint density at radius 1 is 1.20 bits per heavy atom. The van der Waals surface area contributed by atoms with E-state index in [1.807, 2.05) is 13.8 Å². The van der Waals surface area contributed by atoms with Crippen molar-refractivity contribution in [3.05, 3.63) is 42.0 Å². The van der Waals surface area contributed by atoms with Crippen molar-refractivity contribution in [3.8, 4) is 5.75 Å². The summed E-state index contributed by atoms with van der Waals surface area (Å²) in [6.07, 6.45) is 0.134. The molecule has 1 atom stereocenters. The van der Waals surface area contributed by atoms with E-state index < -0.39 is 18.0 Å². The number of amides is 1. The second kappa shape index (κ2) is 9.58. The fourth-order valence-corrected chi connectivity index (χ4v) is 1.93. The molecule has 1 amide bonds. The Bertz CT molecular complexity index is 637. The minimum absolute atomic E-state index is 0.00306. The molecule has 0 spiro atoms. The van der Waals surface area contributed by atoms with Crippen LogP contribution in [0.15, 0.2) is 36.4 Å². The lowest BCUT2D eigenvalue weighted by Gasteiger charge is -2.14. The van der Waals surface area contributed by atoms with Crippen LogP contribution < -0.4 is 15.8 Å². The Balaban J connectivity index is 2.58. The van der Waals surface area contributed by atoms with E-state index in [1.54, 1.807) is 24.3 Å². The van der Waals surface area contributed by atoms with Crippen LogP contribution in [0.1, 0.15) is 25.8 Å². The lowest BCUT2D eigenvalue weighted by molar-refractivity contribution is -0.141. The molecule has 0 fully saturated rings. The van der Waals surface area contributed by atoms with Gasteiger partial charge in [0.25, 0.3) is 0 Å². The summed E-state index contributed by atoms with van der Waals surface area (Å²) in [6.45, 7) is 7.23. The fraction of sp³-hybridized carbons (Fsp3) is 0.389. The highest BCUT2D eigenvalue weighted by Gasteiger charge is 2.16. The van der Waals surface area contributed by atoms with Crippen LogP contribution in [0.3, 0.4) is 0 Å². The van der Waals surface area contributed by atoms with Crippen molar-refractivity contribution >= 4 is 17.8 Å². The maximum Gasteiger partial charge on any atom is 0.339 e. The Labute approximate surface area is 147 Å². The predicted octanol–water partition coefficient (Wildman–Crippen LogP) is 1.11. The molecule has 7 nitrogen and oxygen atoms in total. The fourth-order valence-electron chi connectivity index (χ4n) is 1.93. The average molecular weight is 348 g/mol. The monoisotopic (exact) mass is 348 g/mol. The van der Waals surface area contributed by atoms with Gasteiger partial charge in [-0.2, -0.15) is 0 Å². The van der Waals surface area contributed by atoms with E-state index in [9.17, 15) is 14.4 Å². The number of benzene rings is 1. The third-order valence-corrected chi connectivity index (χ3v) is 3.23. The summed E-state index contributed by atoms with van der Waals surface area (Å²) in [6, 6.07) is 5.98. The number of methoxy groups -OCH3 is 1. The zero-order valence-corrected chi connectivity index (χ0v) is 14.7. The van der Waals surface area contributed by atoms with Crippen molar-refractivity contribution in [2.45, 2.75) is 38.8 Å². The molecule has 0 aromatic heterocycles. The molecule has 7 heteroatoms. The Morgan fingerprint density at radius 2 is 1.80 bits per heavy atom. The maximum absolute atomic E-state index is 11.8. The van der Waals surface area contributed by atoms with E-state index >= 15 is 0 Å². The van der Waals surface area contributed by atoms with Crippen molar-refractivity contribution in [2.24, 2.45) is 5.73 Å². The van der Waals surface area contributed by atoms with Crippen LogP contribution in [-0.4, -0.2) is 37.0 Å². The average Bonchev–Trinajstić information content (AvgIpc) is 2.55. The quantitative estimate of drug-likeness (QED) is 0.414. The summed E-state index contributed by atoms with van der Waals surface area (Å²) in [5.41, 5.74) is 6.70. The molecule has 0 saturated heterocycles. The van der Waals surface area contributed by atoms with Gasteiger partial charge in [0.15, 0.2) is 0 Å². The van der Waals surface area contributed by atoms with Crippen molar-refractivity contribution in [2.75, 3.05) is 7.11 Å². The van der Waals surface area contributed by atoms with E-state index in [4.69, 9.17) is 10.5 Å². The van der Waals surface area contributed by atoms with Gasteiger partial charge in [-0.05, 0) is 38.0 Å². The van der Waals surface area contributed by atoms with Gasteiger partial charge in [-0.3, -0.25) is 9.59 Å². The molecule has 0 bridgehead atoms. The first-order valence-corrected chi connectivity index (χ1v) is 7.84. The largest absolute Gasteiger partial charge is 0.469 e. The third kappa shape index (κ3) is 7.17. The van der Waals surface area contributed by atoms with Gasteiger partial charge in [0.05, 0.1) is 19.6 Å². The van der Waals surface area contributed by atoms with E-state index in [2.05, 4.69) is 16.6 Å². The minimum atomic E-state index is -0.703. The molecule has 0 radical (unpaired) electrons. The number of rotatable bonds is 8. The summed E-state index contributed by atoms with van der Waals surface area (Å²) in [5.74, 6) is -1.18. The smallest absolute Gasteiger partial charge is 0.339 e. The highest BCUT2D eigenvalue weighted by atomic mass is 16.5. The van der Waals surface area contributed by atoms with Crippen LogP contribution in [0.2, 0.25) is 0 Å². The maximum atomic E-state index is 11.8. The van der Waals surface area contributed by atoms with Crippen LogP contribution >= 0.6 is 0 Å². The molecule has 1 aromatic carbocycles. The Morgan fingerprint density at radius 3 is 2.32 bits per heavy atom. The van der Waals surface area contributed by atoms with Crippen LogP contribution in [0, 0.1) is 0 Å². The molecule has 0 aliphatic heterocycles. The van der Waals surface area contributed by atoms with Crippen molar-refractivity contribution in [1.82, 2.24) is 5.32 Å². The molecule has 0 heterocycles. The van der Waals surface area contributed by atoms with Crippen LogP contribution in [0.4, 0.5) is 0 Å². The SMILES string of the molecule is C=C(CC(=O)OC)C(=O)Oc1ccc(CC(N)C(=O)NC(C)C)cc1. The second-order valence-corrected chi connectivity index (χ2v) is 5.86. The minimum Gasteiger partial charge on any atom is -0.469 e. The van der Waals surface area contributed by atoms with Gasteiger partial charge in [0.2, 0.25) is 5.91 Å². The van der Waals surface area contributed by atoms with Crippen LogP contribution in [0.5, 0.6) is 5.75 Å². The third-order valence-electron chi connectivity index (χ3n) is 3.23. The first-order chi connectivity index (χ1) is 11.7. The zero-order chi connectivity index (χ0) is 19.0. The number of hydrogen-bond donors (Lipinski definition) is 2. The molecule has 25 heavy (non-hydrogen) atoms. The Hall–Kier alpha value is -2.67. The van der Waals surface area contributed by atoms with E-state index in [1.165, 1.54) is 7.11 Å². The first kappa shape index (κ1) is 20.4. The molecule has 3 N–H and O–H groups in total. The summed E-state index contributed by atoms with van der Waals surface area (Å²) in [5, 5.41) is 2.75. The molecule has 136 valence electrons. The van der Waals surface area contributed by atoms with Gasteiger partial charge < -0.3 is 20.5 Å². The Kier molecular flexibility index (Phi) is 7.81. The number of hydrogen-bond acceptors (Lipinski definition) is 6. The van der Waals surface area contributed by atoms with Crippen LogP contribution in [-0.2, 0) is 25.5 Å². The molecule has 1 rings (SSSR count). The van der Waals surface area contributed by atoms with E-state index in [0.29, 0.717) is 12.2 Å². The van der Waals surface area contributed by atoms with E-state index in [0.717, 1.165) is 5.56 Å². The van der Waals surface area contributed by atoms with Crippen molar-refractivity contribution < 1.29 is 23.9 Å². The highest BCUT2D eigenvalue weighted by Crippen LogP contribution is 2.15. The summed E-state index contributed by atoms with van der Waals surface area (Å²) in [7, 11) is 1.23. The molecule has 1 unspecified atom stereocenters. The number of nitrogens with one attached hydrogen (secondary N) is 1. The van der Waals surface area contributed by atoms with Crippen molar-refractivity contribution in [3.63, 3.8) is 0 Å². The number of esters is 2. The topological polar surface area (TPSA) is 108 Å². The first-order valence-electron chi connectivity index (χ1n) is 7.84. The molecule has 0 aliphatic carbocycles. The predicted molar refractivity (Wildman–Crippen MR) is 92.8 cm³/mol. The molecule has 0 saturated carbocycles. The van der Waals surface area contributed by atoms with E-state index in [-0.39, 0.29) is 23.9 Å². The lowest BCUT2D eigenvalue weighted by atomic mass is 10.1. The molecular formula is C18H24N2O5. The molecule has 1 aromatic rings. The van der Waals surface area contributed by atoms with Gasteiger partial charge >= 0.3 is 11.9 Å². The zero-order valence-electron chi connectivity index (χ0n) is 14.7. The highest BCUT2D eigenvalue weighted by molar-refractivity contribution is 5.94. The normalized spacial score (nSPS) is 11.6. The standard InChI is InChI=1S/C18H24N2O5/c1-11(2)20-17(22)15(19)10-13-5-7-14(8-6-13)25-18(23)12(3)9-16(21)24-4/h5-8,11,15H,3,9-10,19H2,1-2,4H3,(H,20,22).